The number of methoxy groups -OCH3 is 1. The Morgan fingerprint density at radius 2 is 1.83 bits per heavy atom. The lowest BCUT2D eigenvalue weighted by Gasteiger charge is -2.16. The predicted octanol–water partition coefficient (Wildman–Crippen LogP) is 3.07. The van der Waals surface area contributed by atoms with Crippen molar-refractivity contribution < 1.29 is 19.1 Å². The molecule has 0 aliphatic carbocycles. The van der Waals surface area contributed by atoms with Crippen LogP contribution in [-0.4, -0.2) is 55.2 Å². The Hall–Kier alpha value is -2.97. The second-order valence-electron chi connectivity index (χ2n) is 6.83. The molecule has 0 unspecified atom stereocenters. The molecule has 8 heteroatoms. The Bertz CT molecular complexity index is 913. The van der Waals surface area contributed by atoms with Gasteiger partial charge in [-0.2, -0.15) is 0 Å². The smallest absolute Gasteiger partial charge is 0.261 e. The lowest BCUT2D eigenvalue weighted by atomic mass is 10.1. The summed E-state index contributed by atoms with van der Waals surface area (Å²) in [5.41, 5.74) is 1.60. The summed E-state index contributed by atoms with van der Waals surface area (Å²) < 4.78 is 10.6. The summed E-state index contributed by atoms with van der Waals surface area (Å²) in [4.78, 5) is 27.1. The number of nitrogens with zero attached hydrogens (tertiary/aromatic N) is 1. The van der Waals surface area contributed by atoms with Crippen LogP contribution in [0, 0.1) is 0 Å². The van der Waals surface area contributed by atoms with Gasteiger partial charge < -0.3 is 19.7 Å². The van der Waals surface area contributed by atoms with Gasteiger partial charge in [-0.15, -0.1) is 0 Å². The van der Waals surface area contributed by atoms with E-state index in [0.717, 1.165) is 25.9 Å². The monoisotopic (exact) mass is 427 g/mol. The van der Waals surface area contributed by atoms with Crippen LogP contribution in [0.1, 0.15) is 33.6 Å². The van der Waals surface area contributed by atoms with Crippen molar-refractivity contribution in [3.05, 3.63) is 59.7 Å². The zero-order chi connectivity index (χ0) is 21.3. The standard InChI is InChI=1S/C22H25N3O4S/c1-28-13-14-29-19-10-3-2-9-18(19)20(26)24-22(30)23-17-8-6-7-16(15-17)21(27)25-11-4-5-12-25/h2-3,6-10,15H,4-5,11-14H2,1H3,(H2,23,24,26,30). The molecule has 1 fully saturated rings. The van der Waals surface area contributed by atoms with Crippen LogP contribution in [0.25, 0.3) is 0 Å². The van der Waals surface area contributed by atoms with Crippen molar-refractivity contribution in [1.82, 2.24) is 10.2 Å². The molecule has 7 nitrogen and oxygen atoms in total. The van der Waals surface area contributed by atoms with E-state index in [4.69, 9.17) is 21.7 Å². The quantitative estimate of drug-likeness (QED) is 0.522. The average molecular weight is 428 g/mol. The van der Waals surface area contributed by atoms with Gasteiger partial charge in [0.25, 0.3) is 11.8 Å². The molecule has 2 aromatic rings. The molecule has 3 rings (SSSR count). The number of hydrogen-bond acceptors (Lipinski definition) is 5. The zero-order valence-corrected chi connectivity index (χ0v) is 17.7. The second kappa shape index (κ2) is 10.7. The molecule has 2 N–H and O–H groups in total. The van der Waals surface area contributed by atoms with E-state index in [1.165, 1.54) is 0 Å². The van der Waals surface area contributed by atoms with Crippen molar-refractivity contribution in [2.75, 3.05) is 38.7 Å². The summed E-state index contributed by atoms with van der Waals surface area (Å²) in [6.45, 7) is 2.33. The van der Waals surface area contributed by atoms with Gasteiger partial charge in [0, 0.05) is 31.5 Å². The van der Waals surface area contributed by atoms with Crippen LogP contribution in [0.3, 0.4) is 0 Å². The molecule has 0 bridgehead atoms. The summed E-state index contributed by atoms with van der Waals surface area (Å²) in [7, 11) is 1.58. The number of nitrogens with one attached hydrogen (secondary N) is 2. The van der Waals surface area contributed by atoms with E-state index in [0.29, 0.717) is 35.8 Å². The van der Waals surface area contributed by atoms with Gasteiger partial charge in [0.15, 0.2) is 5.11 Å². The average Bonchev–Trinajstić information content (AvgIpc) is 3.28. The maximum absolute atomic E-state index is 12.6. The molecule has 0 radical (unpaired) electrons. The molecule has 1 heterocycles. The molecule has 1 aliphatic heterocycles. The van der Waals surface area contributed by atoms with E-state index in [1.807, 2.05) is 4.90 Å². The molecule has 2 aromatic carbocycles. The number of amides is 2. The highest BCUT2D eigenvalue weighted by molar-refractivity contribution is 7.80. The maximum atomic E-state index is 12.6. The van der Waals surface area contributed by atoms with Crippen molar-refractivity contribution in [1.29, 1.82) is 0 Å². The fourth-order valence-corrected chi connectivity index (χ4v) is 3.39. The first kappa shape index (κ1) is 21.7. The lowest BCUT2D eigenvalue weighted by Crippen LogP contribution is -2.34. The number of para-hydroxylation sites is 1. The van der Waals surface area contributed by atoms with Crippen LogP contribution in [-0.2, 0) is 4.74 Å². The second-order valence-corrected chi connectivity index (χ2v) is 7.23. The van der Waals surface area contributed by atoms with Crippen LogP contribution < -0.4 is 15.4 Å². The Balaban J connectivity index is 1.61. The van der Waals surface area contributed by atoms with E-state index >= 15 is 0 Å². The van der Waals surface area contributed by atoms with Gasteiger partial charge in [-0.3, -0.25) is 14.9 Å². The third-order valence-electron chi connectivity index (χ3n) is 4.66. The van der Waals surface area contributed by atoms with Gasteiger partial charge in [0.1, 0.15) is 12.4 Å². The minimum absolute atomic E-state index is 0.00763. The van der Waals surface area contributed by atoms with Gasteiger partial charge >= 0.3 is 0 Å². The normalized spacial score (nSPS) is 13.0. The molecule has 0 saturated carbocycles. The van der Waals surface area contributed by atoms with Crippen LogP contribution in [0.2, 0.25) is 0 Å². The molecule has 0 aromatic heterocycles. The van der Waals surface area contributed by atoms with Crippen molar-refractivity contribution in [3.8, 4) is 5.75 Å². The highest BCUT2D eigenvalue weighted by Gasteiger charge is 2.20. The van der Waals surface area contributed by atoms with Crippen LogP contribution in [0.15, 0.2) is 48.5 Å². The number of benzene rings is 2. The van der Waals surface area contributed by atoms with Crippen LogP contribution in [0.4, 0.5) is 5.69 Å². The van der Waals surface area contributed by atoms with Crippen molar-refractivity contribution >= 4 is 34.8 Å². The van der Waals surface area contributed by atoms with Gasteiger partial charge in [0.2, 0.25) is 0 Å². The first-order chi connectivity index (χ1) is 14.6. The van der Waals surface area contributed by atoms with Crippen LogP contribution in [0.5, 0.6) is 5.75 Å². The Morgan fingerprint density at radius 1 is 1.07 bits per heavy atom. The van der Waals surface area contributed by atoms with E-state index < -0.39 is 0 Å². The summed E-state index contributed by atoms with van der Waals surface area (Å²) in [5.74, 6) is 0.0751. The summed E-state index contributed by atoms with van der Waals surface area (Å²) in [6.07, 6.45) is 2.08. The predicted molar refractivity (Wildman–Crippen MR) is 119 cm³/mol. The molecule has 2 amide bonds. The Morgan fingerprint density at radius 3 is 2.60 bits per heavy atom. The molecule has 30 heavy (non-hydrogen) atoms. The molecule has 1 aliphatic rings. The fraction of sp³-hybridized carbons (Fsp3) is 0.318. The molecule has 158 valence electrons. The van der Waals surface area contributed by atoms with Gasteiger partial charge in [-0.1, -0.05) is 18.2 Å². The maximum Gasteiger partial charge on any atom is 0.261 e. The number of carbonyl (C=O) groups is 2. The first-order valence-corrected chi connectivity index (χ1v) is 10.2. The number of hydrogen-bond donors (Lipinski definition) is 2. The highest BCUT2D eigenvalue weighted by atomic mass is 32.1. The SMILES string of the molecule is COCCOc1ccccc1C(=O)NC(=S)Nc1cccc(C(=O)N2CCCC2)c1. The third-order valence-corrected chi connectivity index (χ3v) is 4.87. The van der Waals surface area contributed by atoms with E-state index in [-0.39, 0.29) is 16.9 Å². The molecule has 1 saturated heterocycles. The summed E-state index contributed by atoms with van der Waals surface area (Å²) >= 11 is 5.28. The number of carbonyl (C=O) groups excluding carboxylic acids is 2. The lowest BCUT2D eigenvalue weighted by molar-refractivity contribution is 0.0792. The number of anilines is 1. The number of rotatable bonds is 7. The minimum atomic E-state index is -0.384. The number of ether oxygens (including phenoxy) is 2. The topological polar surface area (TPSA) is 79.9 Å². The van der Waals surface area contributed by atoms with Crippen molar-refractivity contribution in [2.45, 2.75) is 12.8 Å². The zero-order valence-electron chi connectivity index (χ0n) is 16.8. The van der Waals surface area contributed by atoms with E-state index in [9.17, 15) is 9.59 Å². The van der Waals surface area contributed by atoms with Crippen molar-refractivity contribution in [3.63, 3.8) is 0 Å². The fourth-order valence-electron chi connectivity index (χ4n) is 3.18. The third kappa shape index (κ3) is 5.77. The molecular weight excluding hydrogens is 402 g/mol. The Labute approximate surface area is 181 Å². The van der Waals surface area contributed by atoms with E-state index in [2.05, 4.69) is 10.6 Å². The van der Waals surface area contributed by atoms with Crippen molar-refractivity contribution in [2.24, 2.45) is 0 Å². The van der Waals surface area contributed by atoms with Gasteiger partial charge in [0.05, 0.1) is 12.2 Å². The number of thiocarbonyl (C=S) groups is 1. The van der Waals surface area contributed by atoms with Crippen LogP contribution >= 0.6 is 12.2 Å². The first-order valence-electron chi connectivity index (χ1n) is 9.81. The molecule has 0 atom stereocenters. The summed E-state index contributed by atoms with van der Waals surface area (Å²) in [5, 5.41) is 5.76. The van der Waals surface area contributed by atoms with E-state index in [1.54, 1.807) is 55.6 Å². The molecular formula is C22H25N3O4S. The van der Waals surface area contributed by atoms with Gasteiger partial charge in [-0.05, 0) is 55.4 Å². The Kier molecular flexibility index (Phi) is 7.75. The summed E-state index contributed by atoms with van der Waals surface area (Å²) in [6, 6.07) is 14.0. The highest BCUT2D eigenvalue weighted by Crippen LogP contribution is 2.19. The minimum Gasteiger partial charge on any atom is -0.490 e. The molecule has 0 spiro atoms. The van der Waals surface area contributed by atoms with Gasteiger partial charge in [-0.25, -0.2) is 0 Å². The largest absolute Gasteiger partial charge is 0.490 e. The number of likely N-dealkylation sites (tertiary alicyclic amines) is 1.